The van der Waals surface area contributed by atoms with Gasteiger partial charge in [0.2, 0.25) is 0 Å². The first-order chi connectivity index (χ1) is 35.7. The molecule has 0 aliphatic carbocycles. The van der Waals surface area contributed by atoms with Crippen molar-refractivity contribution in [2.45, 2.75) is 105 Å². The van der Waals surface area contributed by atoms with E-state index in [1.165, 1.54) is 121 Å². The van der Waals surface area contributed by atoms with Crippen molar-refractivity contribution in [2.24, 2.45) is 0 Å². The predicted octanol–water partition coefficient (Wildman–Crippen LogP) is 17.2. The molecule has 75 heavy (non-hydrogen) atoms. The number of para-hydroxylation sites is 3. The molecule has 0 radical (unpaired) electrons. The molecule has 368 valence electrons. The van der Waals surface area contributed by atoms with Crippen molar-refractivity contribution in [2.75, 3.05) is 9.80 Å². The minimum atomic E-state index is -0.0720. The van der Waals surface area contributed by atoms with Gasteiger partial charge >= 0.3 is 0 Å². The second kappa shape index (κ2) is 15.4. The van der Waals surface area contributed by atoms with Crippen LogP contribution in [0.1, 0.15) is 105 Å². The van der Waals surface area contributed by atoms with Crippen molar-refractivity contribution in [3.05, 3.63) is 198 Å². The Morgan fingerprint density at radius 1 is 0.307 bits per heavy atom. The molecule has 0 bridgehead atoms. The van der Waals surface area contributed by atoms with Gasteiger partial charge < -0.3 is 18.8 Å². The minimum Gasteiger partial charge on any atom is -0.311 e. The highest BCUT2D eigenvalue weighted by molar-refractivity contribution is 7.00. The van der Waals surface area contributed by atoms with E-state index in [-0.39, 0.29) is 28.4 Å². The average molecular weight is 973 g/mol. The van der Waals surface area contributed by atoms with Crippen molar-refractivity contribution in [1.82, 2.24) is 8.97 Å². The standard InChI is InChI=1S/C70H65BN4/c1-67(2,3)42-26-30-47(31-27-42)72-60-33-29-44(69(7,8)9)37-55(60)71-56-40-52-54-36-45(70(10,11)12)35-53-51-34-43(68(4,5)6)28-32-59(51)75(66(53)54)61(52)41-62(56)73(46-20-14-13-15-21-46)64-39-48(38-63(72)65(64)71)74-57-24-18-16-22-49(57)50-23-17-19-25-58(50)74/h13-41H,1-12H3. The average Bonchev–Trinajstić information content (AvgIpc) is 4.06. The number of rotatable bonds is 3. The van der Waals surface area contributed by atoms with Crippen LogP contribution in [-0.4, -0.2) is 15.7 Å². The van der Waals surface area contributed by atoms with Gasteiger partial charge in [-0.2, -0.15) is 0 Å². The third-order valence-electron chi connectivity index (χ3n) is 17.0. The van der Waals surface area contributed by atoms with E-state index >= 15 is 0 Å². The highest BCUT2D eigenvalue weighted by atomic mass is 15.2. The minimum absolute atomic E-state index is 0.0152. The molecule has 2 aliphatic heterocycles. The molecule has 12 aromatic rings. The summed E-state index contributed by atoms with van der Waals surface area (Å²) in [5.41, 5.74) is 23.7. The van der Waals surface area contributed by atoms with Crippen LogP contribution in [0.25, 0.3) is 65.6 Å². The zero-order valence-electron chi connectivity index (χ0n) is 45.6. The molecule has 0 saturated heterocycles. The molecule has 4 nitrogen and oxygen atoms in total. The molecule has 0 unspecified atom stereocenters. The number of nitrogens with zero attached hydrogens (tertiary/aromatic N) is 4. The predicted molar refractivity (Wildman–Crippen MR) is 324 cm³/mol. The molecule has 0 N–H and O–H groups in total. The maximum atomic E-state index is 2.61. The lowest BCUT2D eigenvalue weighted by molar-refractivity contribution is 0.590. The molecule has 3 aromatic heterocycles. The molecular formula is C70H65BN4. The topological polar surface area (TPSA) is 15.8 Å². The lowest BCUT2D eigenvalue weighted by Gasteiger charge is -2.45. The van der Waals surface area contributed by atoms with Gasteiger partial charge in [0.05, 0.1) is 33.3 Å². The normalized spacial score (nSPS) is 14.1. The van der Waals surface area contributed by atoms with E-state index < -0.39 is 0 Å². The fourth-order valence-corrected chi connectivity index (χ4v) is 13.0. The van der Waals surface area contributed by atoms with Gasteiger partial charge in [0.15, 0.2) is 0 Å². The zero-order chi connectivity index (χ0) is 51.8. The molecule has 5 heterocycles. The van der Waals surface area contributed by atoms with Crippen LogP contribution in [-0.2, 0) is 21.7 Å². The molecule has 9 aromatic carbocycles. The lowest BCUT2D eigenvalue weighted by Crippen LogP contribution is -2.61. The van der Waals surface area contributed by atoms with Crippen molar-refractivity contribution in [3.8, 4) is 5.69 Å². The Morgan fingerprint density at radius 2 is 0.787 bits per heavy atom. The van der Waals surface area contributed by atoms with Crippen molar-refractivity contribution >= 4 is 117 Å². The molecule has 0 fully saturated rings. The Hall–Kier alpha value is -7.76. The fourth-order valence-electron chi connectivity index (χ4n) is 13.0. The molecule has 0 spiro atoms. The molecule has 0 amide bonds. The quantitative estimate of drug-likeness (QED) is 0.164. The van der Waals surface area contributed by atoms with E-state index in [1.54, 1.807) is 0 Å². The lowest BCUT2D eigenvalue weighted by atomic mass is 9.33. The molecule has 5 heteroatoms. The van der Waals surface area contributed by atoms with Gasteiger partial charge in [0, 0.05) is 66.4 Å². The Labute approximate surface area is 442 Å². The SMILES string of the molecule is CC(C)(C)c1ccc(N2c3ccc(C(C)(C)C)cc3B3c4cc5c6cc(C(C)(C)C)cc7c8cc(C(C)(C)C)ccc8n(c5cc4N(c4ccccc4)c4cc(-n5c8ccccc8c8ccccc85)cc2c43)c76)cc1. The summed E-state index contributed by atoms with van der Waals surface area (Å²) in [5.74, 6) is 0. The number of hydrogen-bond donors (Lipinski definition) is 0. The molecule has 14 rings (SSSR count). The van der Waals surface area contributed by atoms with Gasteiger partial charge in [0.25, 0.3) is 6.71 Å². The summed E-state index contributed by atoms with van der Waals surface area (Å²) in [4.78, 5) is 5.19. The number of anilines is 6. The largest absolute Gasteiger partial charge is 0.311 e. The molecule has 0 atom stereocenters. The second-order valence-corrected chi connectivity index (χ2v) is 25.9. The van der Waals surface area contributed by atoms with Crippen LogP contribution in [0.3, 0.4) is 0 Å². The number of benzene rings is 9. The van der Waals surface area contributed by atoms with Gasteiger partial charge in [-0.25, -0.2) is 0 Å². The first kappa shape index (κ1) is 45.8. The third kappa shape index (κ3) is 6.68. The van der Waals surface area contributed by atoms with E-state index in [1.807, 2.05) is 0 Å². The van der Waals surface area contributed by atoms with Crippen LogP contribution in [0.4, 0.5) is 34.1 Å². The van der Waals surface area contributed by atoms with Gasteiger partial charge in [-0.05, 0) is 145 Å². The van der Waals surface area contributed by atoms with Crippen molar-refractivity contribution in [3.63, 3.8) is 0 Å². The Bertz CT molecular complexity index is 4280. The summed E-state index contributed by atoms with van der Waals surface area (Å²) in [7, 11) is 0. The first-order valence-electron chi connectivity index (χ1n) is 27.1. The zero-order valence-corrected chi connectivity index (χ0v) is 45.6. The second-order valence-electron chi connectivity index (χ2n) is 25.9. The van der Waals surface area contributed by atoms with Gasteiger partial charge in [-0.1, -0.05) is 174 Å². The fraction of sp³-hybridized carbons (Fsp3) is 0.229. The highest BCUT2D eigenvalue weighted by Gasteiger charge is 2.45. The van der Waals surface area contributed by atoms with Crippen LogP contribution in [0.2, 0.25) is 0 Å². The summed E-state index contributed by atoms with van der Waals surface area (Å²) in [6, 6.07) is 68.2. The van der Waals surface area contributed by atoms with E-state index in [0.717, 1.165) is 17.1 Å². The number of aromatic nitrogens is 2. The van der Waals surface area contributed by atoms with Gasteiger partial charge in [-0.3, -0.25) is 0 Å². The van der Waals surface area contributed by atoms with Crippen molar-refractivity contribution in [1.29, 1.82) is 0 Å². The van der Waals surface area contributed by atoms with E-state index in [2.05, 4.69) is 278 Å². The van der Waals surface area contributed by atoms with Crippen molar-refractivity contribution < 1.29 is 0 Å². The maximum absolute atomic E-state index is 2.61. The summed E-state index contributed by atoms with van der Waals surface area (Å²) < 4.78 is 5.11. The highest BCUT2D eigenvalue weighted by Crippen LogP contribution is 2.50. The Kier molecular flexibility index (Phi) is 9.42. The maximum Gasteiger partial charge on any atom is 0.252 e. The van der Waals surface area contributed by atoms with Crippen LogP contribution in [0, 0.1) is 0 Å². The third-order valence-corrected chi connectivity index (χ3v) is 17.0. The monoisotopic (exact) mass is 973 g/mol. The Balaban J connectivity index is 1.16. The molecule has 2 aliphatic rings. The number of fused-ring (bicyclic) bond motifs is 13. The van der Waals surface area contributed by atoms with E-state index in [0.29, 0.717) is 0 Å². The van der Waals surface area contributed by atoms with E-state index in [9.17, 15) is 0 Å². The summed E-state index contributed by atoms with van der Waals surface area (Å²) >= 11 is 0. The van der Waals surface area contributed by atoms with Gasteiger partial charge in [-0.15, -0.1) is 0 Å². The van der Waals surface area contributed by atoms with E-state index in [4.69, 9.17) is 0 Å². The molecule has 0 saturated carbocycles. The Morgan fingerprint density at radius 3 is 1.39 bits per heavy atom. The van der Waals surface area contributed by atoms with Crippen LogP contribution in [0.15, 0.2) is 176 Å². The first-order valence-corrected chi connectivity index (χ1v) is 27.1. The summed E-state index contributed by atoms with van der Waals surface area (Å²) in [6.45, 7) is 28.0. The van der Waals surface area contributed by atoms with Crippen LogP contribution >= 0.6 is 0 Å². The smallest absolute Gasteiger partial charge is 0.252 e. The van der Waals surface area contributed by atoms with Gasteiger partial charge in [0.1, 0.15) is 0 Å². The summed E-state index contributed by atoms with van der Waals surface area (Å²) in [5, 5.41) is 7.78. The number of hydrogen-bond acceptors (Lipinski definition) is 2. The molecular weight excluding hydrogens is 908 g/mol. The summed E-state index contributed by atoms with van der Waals surface area (Å²) in [6.07, 6.45) is 0. The van der Waals surface area contributed by atoms with Crippen LogP contribution < -0.4 is 26.2 Å². The van der Waals surface area contributed by atoms with Crippen LogP contribution in [0.5, 0.6) is 0 Å².